The van der Waals surface area contributed by atoms with Crippen LogP contribution in [0.2, 0.25) is 0 Å². The van der Waals surface area contributed by atoms with Gasteiger partial charge in [-0.2, -0.15) is 0 Å². The first-order chi connectivity index (χ1) is 8.45. The number of aromatic nitrogens is 2. The van der Waals surface area contributed by atoms with E-state index in [4.69, 9.17) is 5.11 Å². The molecule has 2 rings (SSSR count). The van der Waals surface area contributed by atoms with Gasteiger partial charge < -0.3 is 15.3 Å². The summed E-state index contributed by atoms with van der Waals surface area (Å²) in [5.74, 6) is -0.675. The van der Waals surface area contributed by atoms with Crippen molar-refractivity contribution in [1.29, 1.82) is 0 Å². The molecule has 0 radical (unpaired) electrons. The monoisotopic (exact) mass is 368 g/mol. The van der Waals surface area contributed by atoms with E-state index in [1.807, 2.05) is 0 Å². The summed E-state index contributed by atoms with van der Waals surface area (Å²) in [7, 11) is 0. The average Bonchev–Trinajstić information content (AvgIpc) is 2.59. The number of nitrogens with zero attached hydrogens (tertiary/aromatic N) is 1. The summed E-state index contributed by atoms with van der Waals surface area (Å²) in [6.07, 6.45) is -0.382. The number of aliphatic hydroxyl groups excluding tert-OH is 3. The van der Waals surface area contributed by atoms with Crippen LogP contribution in [-0.4, -0.2) is 43.7 Å². The van der Waals surface area contributed by atoms with Crippen LogP contribution in [0, 0.1) is 9.49 Å². The summed E-state index contributed by atoms with van der Waals surface area (Å²) >= 11 is 1.78. The summed E-state index contributed by atoms with van der Waals surface area (Å²) in [5.41, 5.74) is -1.11. The third-order valence-electron chi connectivity index (χ3n) is 3.30. The van der Waals surface area contributed by atoms with E-state index < -0.39 is 35.4 Å². The van der Waals surface area contributed by atoms with Crippen LogP contribution in [0.1, 0.15) is 12.5 Å². The smallest absolute Gasteiger partial charge is 0.328 e. The van der Waals surface area contributed by atoms with Gasteiger partial charge in [0, 0.05) is 12.1 Å². The third kappa shape index (κ3) is 2.25. The molecule has 0 saturated heterocycles. The molecule has 4 N–H and O–H groups in total. The Kier molecular flexibility index (Phi) is 3.90. The van der Waals surface area contributed by atoms with E-state index in [-0.39, 0.29) is 13.0 Å². The van der Waals surface area contributed by atoms with E-state index >= 15 is 0 Å². The Labute approximate surface area is 115 Å². The lowest BCUT2D eigenvalue weighted by Gasteiger charge is -2.20. The molecule has 0 aliphatic heterocycles. The minimum atomic E-state index is -1.02. The molecule has 0 amide bonds. The van der Waals surface area contributed by atoms with Gasteiger partial charge in [-0.25, -0.2) is 4.79 Å². The molecule has 0 bridgehead atoms. The lowest BCUT2D eigenvalue weighted by Crippen LogP contribution is -2.37. The fourth-order valence-corrected chi connectivity index (χ4v) is 2.72. The van der Waals surface area contributed by atoms with Crippen LogP contribution >= 0.6 is 22.6 Å². The van der Waals surface area contributed by atoms with Crippen LogP contribution in [0.25, 0.3) is 0 Å². The van der Waals surface area contributed by atoms with Crippen molar-refractivity contribution >= 4 is 22.6 Å². The van der Waals surface area contributed by atoms with Crippen molar-refractivity contribution in [2.24, 2.45) is 5.92 Å². The highest BCUT2D eigenvalue weighted by Crippen LogP contribution is 2.34. The van der Waals surface area contributed by atoms with Crippen molar-refractivity contribution in [1.82, 2.24) is 9.55 Å². The van der Waals surface area contributed by atoms with Crippen molar-refractivity contribution in [2.45, 2.75) is 24.7 Å². The van der Waals surface area contributed by atoms with Crippen LogP contribution in [0.15, 0.2) is 15.8 Å². The summed E-state index contributed by atoms with van der Waals surface area (Å²) < 4.78 is 1.52. The van der Waals surface area contributed by atoms with Gasteiger partial charge in [0.1, 0.15) is 0 Å². The maximum Gasteiger partial charge on any atom is 0.328 e. The molecule has 0 spiro atoms. The van der Waals surface area contributed by atoms with Gasteiger partial charge in [0.2, 0.25) is 0 Å². The molecule has 1 heterocycles. The van der Waals surface area contributed by atoms with Gasteiger partial charge in [-0.1, -0.05) is 0 Å². The molecule has 4 atom stereocenters. The summed E-state index contributed by atoms with van der Waals surface area (Å²) in [5, 5.41) is 28.8. The summed E-state index contributed by atoms with van der Waals surface area (Å²) in [6.45, 7) is -0.353. The highest BCUT2D eigenvalue weighted by atomic mass is 127. The molecular formula is C10H13IN2O5. The molecule has 8 heteroatoms. The molecule has 18 heavy (non-hydrogen) atoms. The average molecular weight is 368 g/mol. The Bertz CT molecular complexity index is 554. The first-order valence-electron chi connectivity index (χ1n) is 5.43. The fourth-order valence-electron chi connectivity index (χ4n) is 2.29. The Morgan fingerprint density at radius 2 is 2.11 bits per heavy atom. The zero-order valence-electron chi connectivity index (χ0n) is 9.28. The Balaban J connectivity index is 2.42. The molecule has 1 saturated carbocycles. The normalized spacial score (nSPS) is 31.8. The molecule has 0 unspecified atom stereocenters. The van der Waals surface area contributed by atoms with Crippen LogP contribution in [0.4, 0.5) is 0 Å². The van der Waals surface area contributed by atoms with Gasteiger partial charge in [-0.15, -0.1) is 0 Å². The fraction of sp³-hybridized carbons (Fsp3) is 0.600. The molecule has 1 aromatic rings. The van der Waals surface area contributed by atoms with Gasteiger partial charge in [0.05, 0.1) is 28.4 Å². The van der Waals surface area contributed by atoms with Crippen LogP contribution in [-0.2, 0) is 0 Å². The van der Waals surface area contributed by atoms with E-state index in [9.17, 15) is 19.8 Å². The van der Waals surface area contributed by atoms with Crippen molar-refractivity contribution < 1.29 is 15.3 Å². The molecule has 1 aliphatic rings. The van der Waals surface area contributed by atoms with Gasteiger partial charge in [-0.05, 0) is 29.0 Å². The molecule has 100 valence electrons. The number of aliphatic hydroxyl groups is 3. The number of hydrogen-bond acceptors (Lipinski definition) is 5. The molecule has 0 aromatic carbocycles. The van der Waals surface area contributed by atoms with Crippen molar-refractivity contribution in [3.63, 3.8) is 0 Å². The zero-order chi connectivity index (χ0) is 13.4. The predicted molar refractivity (Wildman–Crippen MR) is 70.3 cm³/mol. The zero-order valence-corrected chi connectivity index (χ0v) is 11.4. The minimum Gasteiger partial charge on any atom is -0.396 e. The lowest BCUT2D eigenvalue weighted by atomic mass is 10.0. The van der Waals surface area contributed by atoms with Crippen molar-refractivity contribution in [3.05, 3.63) is 30.6 Å². The van der Waals surface area contributed by atoms with E-state index in [0.717, 1.165) is 0 Å². The van der Waals surface area contributed by atoms with Gasteiger partial charge in [-0.3, -0.25) is 14.3 Å². The van der Waals surface area contributed by atoms with Crippen molar-refractivity contribution in [2.75, 3.05) is 6.61 Å². The van der Waals surface area contributed by atoms with E-state index in [1.165, 1.54) is 10.8 Å². The van der Waals surface area contributed by atoms with Gasteiger partial charge in [0.25, 0.3) is 5.56 Å². The van der Waals surface area contributed by atoms with E-state index in [1.54, 1.807) is 22.6 Å². The SMILES string of the molecule is O=c1[nH]c(=O)n([C@@H]2C[C@@H](O)[C@H](CO)[C@H]2O)cc1I. The lowest BCUT2D eigenvalue weighted by molar-refractivity contribution is 0.0206. The van der Waals surface area contributed by atoms with E-state index in [2.05, 4.69) is 4.98 Å². The summed E-state index contributed by atoms with van der Waals surface area (Å²) in [4.78, 5) is 25.1. The Morgan fingerprint density at radius 1 is 1.44 bits per heavy atom. The Hall–Kier alpha value is -0.710. The number of H-pyrrole nitrogens is 1. The number of rotatable bonds is 2. The number of halogens is 1. The first-order valence-corrected chi connectivity index (χ1v) is 6.51. The largest absolute Gasteiger partial charge is 0.396 e. The number of hydrogen-bond donors (Lipinski definition) is 4. The second kappa shape index (κ2) is 5.11. The maximum absolute atomic E-state index is 11.7. The molecule has 1 fully saturated rings. The standard InChI is InChI=1S/C10H13IN2O5/c11-5-2-13(10(18)12-9(5)17)6-1-7(15)4(3-14)8(6)16/h2,4,6-8,14-16H,1,3H2,(H,12,17,18)/t4-,6+,7+,8+/m0/s1. The van der Waals surface area contributed by atoms with Crippen molar-refractivity contribution in [3.8, 4) is 0 Å². The van der Waals surface area contributed by atoms with Crippen LogP contribution in [0.3, 0.4) is 0 Å². The van der Waals surface area contributed by atoms with Gasteiger partial charge in [0.15, 0.2) is 0 Å². The maximum atomic E-state index is 11.7. The Morgan fingerprint density at radius 3 is 2.67 bits per heavy atom. The van der Waals surface area contributed by atoms with Crippen LogP contribution < -0.4 is 11.2 Å². The highest BCUT2D eigenvalue weighted by molar-refractivity contribution is 14.1. The van der Waals surface area contributed by atoms with Gasteiger partial charge >= 0.3 is 5.69 Å². The summed E-state index contributed by atoms with van der Waals surface area (Å²) in [6, 6.07) is -0.644. The first kappa shape index (κ1) is 13.7. The highest BCUT2D eigenvalue weighted by Gasteiger charge is 2.42. The minimum absolute atomic E-state index is 0.161. The molecule has 1 aromatic heterocycles. The van der Waals surface area contributed by atoms with Crippen LogP contribution in [0.5, 0.6) is 0 Å². The quantitative estimate of drug-likeness (QED) is 0.470. The van der Waals surface area contributed by atoms with E-state index in [0.29, 0.717) is 3.57 Å². The number of nitrogens with one attached hydrogen (secondary N) is 1. The second-order valence-corrected chi connectivity index (χ2v) is 5.51. The predicted octanol–water partition coefficient (Wildman–Crippen LogP) is -1.58. The topological polar surface area (TPSA) is 116 Å². The second-order valence-electron chi connectivity index (χ2n) is 4.35. The molecular weight excluding hydrogens is 355 g/mol. The molecule has 1 aliphatic carbocycles. The third-order valence-corrected chi connectivity index (χ3v) is 4.07. The molecule has 7 nitrogen and oxygen atoms in total. The number of aromatic amines is 1.